The van der Waals surface area contributed by atoms with Crippen LogP contribution < -0.4 is 10.6 Å². The Morgan fingerprint density at radius 1 is 1.39 bits per heavy atom. The minimum atomic E-state index is 0.130. The zero-order chi connectivity index (χ0) is 13.4. The number of hydrogen-bond acceptors (Lipinski definition) is 3. The first-order valence-electron chi connectivity index (χ1n) is 6.43. The molecule has 0 aliphatic rings. The van der Waals surface area contributed by atoms with Crippen LogP contribution in [0.3, 0.4) is 0 Å². The van der Waals surface area contributed by atoms with Crippen LogP contribution in [0.1, 0.15) is 24.9 Å². The second kappa shape index (κ2) is 7.90. The topological polar surface area (TPSA) is 38.5 Å². The highest BCUT2D eigenvalue weighted by molar-refractivity contribution is 5.48. The number of nitrogens with two attached hydrogens (primary N) is 1. The van der Waals surface area contributed by atoms with E-state index in [2.05, 4.69) is 42.7 Å². The third-order valence-corrected chi connectivity index (χ3v) is 3.04. The summed E-state index contributed by atoms with van der Waals surface area (Å²) in [7, 11) is 1.72. The molecule has 0 radical (unpaired) electrons. The number of ether oxygens (including phenoxy) is 1. The maximum absolute atomic E-state index is 6.01. The van der Waals surface area contributed by atoms with Crippen LogP contribution in [-0.4, -0.2) is 26.8 Å². The summed E-state index contributed by atoms with van der Waals surface area (Å²) in [5, 5.41) is 0. The molecule has 1 aromatic carbocycles. The second-order valence-corrected chi connectivity index (χ2v) is 4.33. The summed E-state index contributed by atoms with van der Waals surface area (Å²) < 4.78 is 5.12. The summed E-state index contributed by atoms with van der Waals surface area (Å²) in [5.41, 5.74) is 8.38. The van der Waals surface area contributed by atoms with Crippen LogP contribution in [0.4, 0.5) is 5.69 Å². The smallest absolute Gasteiger partial charge is 0.0637 e. The molecule has 0 amide bonds. The zero-order valence-electron chi connectivity index (χ0n) is 11.4. The molecule has 2 N–H and O–H groups in total. The van der Waals surface area contributed by atoms with Gasteiger partial charge in [-0.1, -0.05) is 25.1 Å². The van der Waals surface area contributed by atoms with Crippen LogP contribution in [0.25, 0.3) is 0 Å². The Labute approximate surface area is 110 Å². The molecule has 0 aromatic heterocycles. The van der Waals surface area contributed by atoms with Gasteiger partial charge in [-0.25, -0.2) is 0 Å². The minimum Gasteiger partial charge on any atom is -0.383 e. The quantitative estimate of drug-likeness (QED) is 0.719. The fourth-order valence-electron chi connectivity index (χ4n) is 1.85. The molecule has 3 heteroatoms. The molecule has 0 bridgehead atoms. The molecule has 1 rings (SSSR count). The molecule has 0 saturated carbocycles. The van der Waals surface area contributed by atoms with E-state index in [1.54, 1.807) is 7.11 Å². The van der Waals surface area contributed by atoms with Crippen molar-refractivity contribution in [1.82, 2.24) is 0 Å². The van der Waals surface area contributed by atoms with Crippen LogP contribution in [0.5, 0.6) is 0 Å². The molecule has 3 nitrogen and oxygen atoms in total. The SMILES string of the molecule is C=CCN(CCOC)c1ccc(C(N)CC)cc1. The minimum absolute atomic E-state index is 0.130. The van der Waals surface area contributed by atoms with Gasteiger partial charge in [0.15, 0.2) is 0 Å². The van der Waals surface area contributed by atoms with Crippen molar-refractivity contribution in [3.63, 3.8) is 0 Å². The van der Waals surface area contributed by atoms with Gasteiger partial charge in [0.25, 0.3) is 0 Å². The number of rotatable bonds is 8. The molecule has 0 aliphatic carbocycles. The highest BCUT2D eigenvalue weighted by atomic mass is 16.5. The summed E-state index contributed by atoms with van der Waals surface area (Å²) in [6.07, 6.45) is 2.86. The van der Waals surface area contributed by atoms with E-state index in [0.717, 1.165) is 19.5 Å². The summed E-state index contributed by atoms with van der Waals surface area (Å²) in [6.45, 7) is 8.29. The summed E-state index contributed by atoms with van der Waals surface area (Å²) >= 11 is 0. The summed E-state index contributed by atoms with van der Waals surface area (Å²) in [6, 6.07) is 8.57. The molecule has 1 unspecified atom stereocenters. The van der Waals surface area contributed by atoms with E-state index in [1.165, 1.54) is 11.3 Å². The van der Waals surface area contributed by atoms with E-state index in [-0.39, 0.29) is 6.04 Å². The fourth-order valence-corrected chi connectivity index (χ4v) is 1.85. The van der Waals surface area contributed by atoms with E-state index in [0.29, 0.717) is 6.61 Å². The normalized spacial score (nSPS) is 12.2. The van der Waals surface area contributed by atoms with Crippen LogP contribution >= 0.6 is 0 Å². The largest absolute Gasteiger partial charge is 0.383 e. The van der Waals surface area contributed by atoms with Gasteiger partial charge in [0, 0.05) is 31.9 Å². The van der Waals surface area contributed by atoms with E-state index < -0.39 is 0 Å². The third-order valence-electron chi connectivity index (χ3n) is 3.04. The first-order chi connectivity index (χ1) is 8.72. The summed E-state index contributed by atoms with van der Waals surface area (Å²) in [5.74, 6) is 0. The highest BCUT2D eigenvalue weighted by Gasteiger charge is 2.06. The molecule has 0 spiro atoms. The molecule has 0 aliphatic heterocycles. The van der Waals surface area contributed by atoms with Gasteiger partial charge in [0.05, 0.1) is 6.61 Å². The monoisotopic (exact) mass is 248 g/mol. The van der Waals surface area contributed by atoms with Gasteiger partial charge < -0.3 is 15.4 Å². The average molecular weight is 248 g/mol. The van der Waals surface area contributed by atoms with Crippen molar-refractivity contribution in [2.75, 3.05) is 31.7 Å². The van der Waals surface area contributed by atoms with Crippen molar-refractivity contribution in [2.24, 2.45) is 5.73 Å². The number of anilines is 1. The molecule has 100 valence electrons. The Morgan fingerprint density at radius 2 is 2.06 bits per heavy atom. The third kappa shape index (κ3) is 4.17. The Morgan fingerprint density at radius 3 is 2.56 bits per heavy atom. The van der Waals surface area contributed by atoms with Crippen LogP contribution in [0, 0.1) is 0 Å². The molecular weight excluding hydrogens is 224 g/mol. The number of methoxy groups -OCH3 is 1. The molecular formula is C15H24N2O. The van der Waals surface area contributed by atoms with Crippen molar-refractivity contribution in [2.45, 2.75) is 19.4 Å². The highest BCUT2D eigenvalue weighted by Crippen LogP contribution is 2.19. The summed E-state index contributed by atoms with van der Waals surface area (Å²) in [4.78, 5) is 2.23. The second-order valence-electron chi connectivity index (χ2n) is 4.33. The van der Waals surface area contributed by atoms with Crippen molar-refractivity contribution in [3.05, 3.63) is 42.5 Å². The predicted octanol–water partition coefficient (Wildman–Crippen LogP) is 2.74. The fraction of sp³-hybridized carbons (Fsp3) is 0.467. The Balaban J connectivity index is 2.76. The first-order valence-corrected chi connectivity index (χ1v) is 6.43. The molecule has 18 heavy (non-hydrogen) atoms. The molecule has 1 aromatic rings. The van der Waals surface area contributed by atoms with Gasteiger partial charge >= 0.3 is 0 Å². The van der Waals surface area contributed by atoms with E-state index >= 15 is 0 Å². The van der Waals surface area contributed by atoms with E-state index in [9.17, 15) is 0 Å². The maximum Gasteiger partial charge on any atom is 0.0637 e. The lowest BCUT2D eigenvalue weighted by Crippen LogP contribution is -2.27. The van der Waals surface area contributed by atoms with Crippen LogP contribution in [-0.2, 0) is 4.74 Å². The molecule has 0 heterocycles. The number of nitrogens with zero attached hydrogens (tertiary/aromatic N) is 1. The average Bonchev–Trinajstić information content (AvgIpc) is 2.43. The molecule has 0 saturated heterocycles. The Kier molecular flexibility index (Phi) is 6.47. The van der Waals surface area contributed by atoms with E-state index in [1.807, 2.05) is 6.08 Å². The van der Waals surface area contributed by atoms with Gasteiger partial charge in [0.1, 0.15) is 0 Å². The molecule has 1 atom stereocenters. The van der Waals surface area contributed by atoms with Gasteiger partial charge in [-0.05, 0) is 24.1 Å². The van der Waals surface area contributed by atoms with Crippen molar-refractivity contribution >= 4 is 5.69 Å². The Bertz CT molecular complexity index is 348. The van der Waals surface area contributed by atoms with Gasteiger partial charge in [-0.15, -0.1) is 6.58 Å². The number of hydrogen-bond donors (Lipinski definition) is 1. The van der Waals surface area contributed by atoms with Crippen molar-refractivity contribution in [1.29, 1.82) is 0 Å². The van der Waals surface area contributed by atoms with Crippen LogP contribution in [0.2, 0.25) is 0 Å². The zero-order valence-corrected chi connectivity index (χ0v) is 11.4. The van der Waals surface area contributed by atoms with Crippen molar-refractivity contribution < 1.29 is 4.74 Å². The van der Waals surface area contributed by atoms with Crippen molar-refractivity contribution in [3.8, 4) is 0 Å². The van der Waals surface area contributed by atoms with Gasteiger partial charge in [-0.2, -0.15) is 0 Å². The predicted molar refractivity (Wildman–Crippen MR) is 77.9 cm³/mol. The Hall–Kier alpha value is -1.32. The maximum atomic E-state index is 6.01. The lowest BCUT2D eigenvalue weighted by Gasteiger charge is -2.23. The number of benzene rings is 1. The molecule has 0 fully saturated rings. The van der Waals surface area contributed by atoms with Gasteiger partial charge in [-0.3, -0.25) is 0 Å². The lowest BCUT2D eigenvalue weighted by molar-refractivity contribution is 0.206. The van der Waals surface area contributed by atoms with Crippen LogP contribution in [0.15, 0.2) is 36.9 Å². The van der Waals surface area contributed by atoms with E-state index in [4.69, 9.17) is 10.5 Å². The standard InChI is InChI=1S/C15H24N2O/c1-4-10-17(11-12-18-3)14-8-6-13(7-9-14)15(16)5-2/h4,6-9,15H,1,5,10-12,16H2,2-3H3. The first kappa shape index (κ1) is 14.7. The van der Waals surface area contributed by atoms with Gasteiger partial charge in [0.2, 0.25) is 0 Å². The lowest BCUT2D eigenvalue weighted by atomic mass is 10.1.